The molecule has 2 unspecified atom stereocenters. The molecule has 2 atom stereocenters. The molecule has 4 N–H and O–H groups in total. The maximum Gasteiger partial charge on any atom is 0.0597 e. The monoisotopic (exact) mass is 201 g/mol. The molecule has 0 spiro atoms. The van der Waals surface area contributed by atoms with E-state index in [0.29, 0.717) is 5.92 Å². The van der Waals surface area contributed by atoms with Gasteiger partial charge in [-0.25, -0.2) is 0 Å². The molecule has 0 saturated carbocycles. The van der Waals surface area contributed by atoms with Gasteiger partial charge in [0.2, 0.25) is 0 Å². The summed E-state index contributed by atoms with van der Waals surface area (Å²) in [6.45, 7) is 2.35. The van der Waals surface area contributed by atoms with Crippen molar-refractivity contribution in [1.82, 2.24) is 10.2 Å². The first-order chi connectivity index (χ1) is 6.69. The smallest absolute Gasteiger partial charge is 0.0597 e. The Balaban J connectivity index is 2.44. The van der Waals surface area contributed by atoms with Crippen LogP contribution in [0.1, 0.15) is 12.8 Å². The van der Waals surface area contributed by atoms with Crippen LogP contribution in [-0.4, -0.2) is 55.9 Å². The third-order valence-corrected chi connectivity index (χ3v) is 3.28. The molecule has 0 bridgehead atoms. The summed E-state index contributed by atoms with van der Waals surface area (Å²) in [5, 5.41) is 12.3. The highest BCUT2D eigenvalue weighted by Crippen LogP contribution is 2.20. The van der Waals surface area contributed by atoms with Crippen LogP contribution in [0.25, 0.3) is 0 Å². The summed E-state index contributed by atoms with van der Waals surface area (Å²) in [7, 11) is 4.08. The Morgan fingerprint density at radius 2 is 2.07 bits per heavy atom. The molecule has 0 aromatic carbocycles. The topological polar surface area (TPSA) is 61.5 Å². The number of nitrogens with one attached hydrogen (secondary N) is 1. The van der Waals surface area contributed by atoms with Gasteiger partial charge in [0.25, 0.3) is 0 Å². The molecule has 4 nitrogen and oxygen atoms in total. The van der Waals surface area contributed by atoms with Crippen LogP contribution in [0, 0.1) is 5.92 Å². The first-order valence-electron chi connectivity index (χ1n) is 5.41. The molecule has 4 heteroatoms. The van der Waals surface area contributed by atoms with Crippen LogP contribution in [0.5, 0.6) is 0 Å². The highest BCUT2D eigenvalue weighted by Gasteiger charge is 2.27. The summed E-state index contributed by atoms with van der Waals surface area (Å²) < 4.78 is 0. The van der Waals surface area contributed by atoms with Gasteiger partial charge < -0.3 is 21.1 Å². The van der Waals surface area contributed by atoms with Crippen LogP contribution < -0.4 is 11.1 Å². The number of piperidine rings is 1. The number of aliphatic hydroxyl groups is 1. The van der Waals surface area contributed by atoms with Gasteiger partial charge in [-0.1, -0.05) is 0 Å². The van der Waals surface area contributed by atoms with Gasteiger partial charge >= 0.3 is 0 Å². The molecular weight excluding hydrogens is 178 g/mol. The fourth-order valence-electron chi connectivity index (χ4n) is 2.30. The number of hydrogen-bond acceptors (Lipinski definition) is 4. The number of nitrogens with zero attached hydrogens (tertiary/aromatic N) is 1. The van der Waals surface area contributed by atoms with Crippen LogP contribution in [0.15, 0.2) is 0 Å². The standard InChI is InChI=1S/C10H23N3O/c1-12-10(9(11)7-14)8-3-5-13(2)6-4-8/h8-10,12,14H,3-7,11H2,1-2H3. The molecule has 0 amide bonds. The highest BCUT2D eigenvalue weighted by molar-refractivity contribution is 4.87. The normalized spacial score (nSPS) is 24.9. The number of aliphatic hydroxyl groups excluding tert-OH is 1. The Kier molecular flexibility index (Phi) is 4.81. The van der Waals surface area contributed by atoms with Gasteiger partial charge in [0.1, 0.15) is 0 Å². The summed E-state index contributed by atoms with van der Waals surface area (Å²) in [5.41, 5.74) is 5.87. The average Bonchev–Trinajstić information content (AvgIpc) is 2.21. The third kappa shape index (κ3) is 2.92. The Bertz CT molecular complexity index is 157. The summed E-state index contributed by atoms with van der Waals surface area (Å²) in [6, 6.07) is 0.127. The lowest BCUT2D eigenvalue weighted by atomic mass is 9.86. The van der Waals surface area contributed by atoms with Crippen molar-refractivity contribution in [1.29, 1.82) is 0 Å². The molecule has 14 heavy (non-hydrogen) atoms. The third-order valence-electron chi connectivity index (χ3n) is 3.28. The zero-order valence-electron chi connectivity index (χ0n) is 9.24. The largest absolute Gasteiger partial charge is 0.395 e. The highest BCUT2D eigenvalue weighted by atomic mass is 16.3. The van der Waals surface area contributed by atoms with Crippen molar-refractivity contribution in [2.24, 2.45) is 11.7 Å². The molecule has 0 aromatic rings. The van der Waals surface area contributed by atoms with Gasteiger partial charge in [0, 0.05) is 12.1 Å². The Morgan fingerprint density at radius 1 is 1.50 bits per heavy atom. The molecule has 0 aliphatic carbocycles. The van der Waals surface area contributed by atoms with Crippen LogP contribution in [-0.2, 0) is 0 Å². The lowest BCUT2D eigenvalue weighted by Crippen LogP contribution is -2.52. The minimum absolute atomic E-state index is 0.0673. The van der Waals surface area contributed by atoms with Crippen LogP contribution in [0.3, 0.4) is 0 Å². The minimum Gasteiger partial charge on any atom is -0.395 e. The number of nitrogens with two attached hydrogens (primary N) is 1. The number of likely N-dealkylation sites (tertiary alicyclic amines) is 1. The van der Waals surface area contributed by atoms with E-state index in [2.05, 4.69) is 17.3 Å². The van der Waals surface area contributed by atoms with Crippen LogP contribution in [0.2, 0.25) is 0 Å². The molecule has 0 aromatic heterocycles. The second-order valence-corrected chi connectivity index (χ2v) is 4.30. The van der Waals surface area contributed by atoms with Gasteiger partial charge in [0.15, 0.2) is 0 Å². The first kappa shape index (κ1) is 11.9. The first-order valence-corrected chi connectivity index (χ1v) is 5.41. The maximum absolute atomic E-state index is 9.04. The average molecular weight is 201 g/mol. The van der Waals surface area contributed by atoms with Gasteiger partial charge in [-0.15, -0.1) is 0 Å². The van der Waals surface area contributed by atoms with E-state index < -0.39 is 0 Å². The summed E-state index contributed by atoms with van der Waals surface area (Å²) in [5.74, 6) is 0.610. The summed E-state index contributed by atoms with van der Waals surface area (Å²) in [4.78, 5) is 2.34. The van der Waals surface area contributed by atoms with Gasteiger partial charge in [-0.2, -0.15) is 0 Å². The van der Waals surface area contributed by atoms with Crippen molar-refractivity contribution < 1.29 is 5.11 Å². The predicted octanol–water partition coefficient (Wildman–Crippen LogP) is -0.764. The van der Waals surface area contributed by atoms with Crippen LogP contribution >= 0.6 is 0 Å². The van der Waals surface area contributed by atoms with E-state index in [1.54, 1.807) is 0 Å². The lowest BCUT2D eigenvalue weighted by molar-refractivity contribution is 0.151. The van der Waals surface area contributed by atoms with E-state index in [9.17, 15) is 0 Å². The minimum atomic E-state index is -0.131. The molecule has 1 fully saturated rings. The quantitative estimate of drug-likeness (QED) is 0.559. The van der Waals surface area contributed by atoms with E-state index in [-0.39, 0.29) is 18.7 Å². The molecule has 1 heterocycles. The van der Waals surface area contributed by atoms with Crippen molar-refractivity contribution in [3.63, 3.8) is 0 Å². The van der Waals surface area contributed by atoms with Gasteiger partial charge in [-0.3, -0.25) is 0 Å². The molecular formula is C10H23N3O. The molecule has 1 aliphatic heterocycles. The van der Waals surface area contributed by atoms with Crippen molar-refractivity contribution in [2.75, 3.05) is 33.8 Å². The number of likely N-dealkylation sites (N-methyl/N-ethyl adjacent to an activating group) is 1. The fourth-order valence-corrected chi connectivity index (χ4v) is 2.30. The summed E-state index contributed by atoms with van der Waals surface area (Å²) in [6.07, 6.45) is 2.35. The Morgan fingerprint density at radius 3 is 2.50 bits per heavy atom. The number of rotatable bonds is 4. The second kappa shape index (κ2) is 5.66. The predicted molar refractivity (Wildman–Crippen MR) is 58.1 cm³/mol. The van der Waals surface area contributed by atoms with Crippen molar-refractivity contribution >= 4 is 0 Å². The van der Waals surface area contributed by atoms with Crippen molar-refractivity contribution in [3.8, 4) is 0 Å². The fraction of sp³-hybridized carbons (Fsp3) is 1.00. The Labute approximate surface area is 86.5 Å². The zero-order valence-corrected chi connectivity index (χ0v) is 9.24. The van der Waals surface area contributed by atoms with Crippen molar-refractivity contribution in [3.05, 3.63) is 0 Å². The molecule has 0 radical (unpaired) electrons. The van der Waals surface area contributed by atoms with Gasteiger partial charge in [-0.05, 0) is 45.9 Å². The Hall–Kier alpha value is -0.160. The zero-order chi connectivity index (χ0) is 10.6. The lowest BCUT2D eigenvalue weighted by Gasteiger charge is -2.36. The molecule has 1 rings (SSSR count). The summed E-state index contributed by atoms with van der Waals surface area (Å²) >= 11 is 0. The second-order valence-electron chi connectivity index (χ2n) is 4.30. The molecule has 84 valence electrons. The number of hydrogen-bond donors (Lipinski definition) is 3. The van der Waals surface area contributed by atoms with E-state index in [0.717, 1.165) is 13.1 Å². The van der Waals surface area contributed by atoms with E-state index in [4.69, 9.17) is 10.8 Å². The maximum atomic E-state index is 9.04. The molecule has 1 saturated heterocycles. The van der Waals surface area contributed by atoms with E-state index >= 15 is 0 Å². The van der Waals surface area contributed by atoms with E-state index in [1.165, 1.54) is 12.8 Å². The van der Waals surface area contributed by atoms with Crippen LogP contribution in [0.4, 0.5) is 0 Å². The molecule has 1 aliphatic rings. The SMILES string of the molecule is CNC(C(N)CO)C1CCN(C)CC1. The van der Waals surface area contributed by atoms with E-state index in [1.807, 2.05) is 7.05 Å². The van der Waals surface area contributed by atoms with Crippen molar-refractivity contribution in [2.45, 2.75) is 24.9 Å². The van der Waals surface area contributed by atoms with Gasteiger partial charge in [0.05, 0.1) is 6.61 Å².